The summed E-state index contributed by atoms with van der Waals surface area (Å²) < 4.78 is 31.9. The lowest BCUT2D eigenvalue weighted by molar-refractivity contribution is 0.402. The van der Waals surface area contributed by atoms with E-state index in [1.807, 2.05) is 20.0 Å². The molecule has 0 bridgehead atoms. The number of sulfonamides is 1. The van der Waals surface area contributed by atoms with Crippen LogP contribution in [-0.2, 0) is 10.0 Å². The normalized spacial score (nSPS) is 11.5. The van der Waals surface area contributed by atoms with E-state index in [0.717, 1.165) is 18.5 Å². The molecule has 1 aromatic carbocycles. The van der Waals surface area contributed by atoms with Crippen molar-refractivity contribution in [3.05, 3.63) is 23.8 Å². The Bertz CT molecular complexity index is 486. The van der Waals surface area contributed by atoms with Crippen LogP contribution in [0.5, 0.6) is 5.75 Å². The predicted molar refractivity (Wildman–Crippen MR) is 71.5 cm³/mol. The fraction of sp³-hybridized carbons (Fsp3) is 0.500. The summed E-state index contributed by atoms with van der Waals surface area (Å²) in [6, 6.07) is 5.09. The highest BCUT2D eigenvalue weighted by molar-refractivity contribution is 7.89. The van der Waals surface area contributed by atoms with Gasteiger partial charge in [0.2, 0.25) is 10.0 Å². The molecule has 0 heterocycles. The van der Waals surface area contributed by atoms with Crippen LogP contribution >= 0.6 is 0 Å². The Morgan fingerprint density at radius 2 is 2.00 bits per heavy atom. The first-order valence-electron chi connectivity index (χ1n) is 5.80. The van der Waals surface area contributed by atoms with E-state index in [0.29, 0.717) is 12.3 Å². The van der Waals surface area contributed by atoms with Gasteiger partial charge in [0.15, 0.2) is 0 Å². The summed E-state index contributed by atoms with van der Waals surface area (Å²) in [7, 11) is -0.214. The molecule has 6 heteroatoms. The van der Waals surface area contributed by atoms with E-state index in [-0.39, 0.29) is 4.90 Å². The maximum atomic E-state index is 12.1. The Kier molecular flexibility index (Phi) is 5.58. The standard InChI is InChI=1S/C12H20N2O3S/c1-10-5-6-11(17-3)12(9-10)18(15,16)14-8-4-7-13-2/h5-6,9,13-14H,4,7-8H2,1-3H3. The number of benzene rings is 1. The number of nitrogens with one attached hydrogen (secondary N) is 2. The fourth-order valence-electron chi connectivity index (χ4n) is 1.54. The third-order valence-corrected chi connectivity index (χ3v) is 3.99. The van der Waals surface area contributed by atoms with Gasteiger partial charge in [0, 0.05) is 6.54 Å². The second kappa shape index (κ2) is 6.72. The van der Waals surface area contributed by atoms with Gasteiger partial charge in [-0.3, -0.25) is 0 Å². The van der Waals surface area contributed by atoms with Crippen molar-refractivity contribution in [1.29, 1.82) is 0 Å². The van der Waals surface area contributed by atoms with Crippen LogP contribution in [0.25, 0.3) is 0 Å². The van der Waals surface area contributed by atoms with Gasteiger partial charge in [-0.2, -0.15) is 0 Å². The van der Waals surface area contributed by atoms with E-state index in [9.17, 15) is 8.42 Å². The summed E-state index contributed by atoms with van der Waals surface area (Å²) in [5.74, 6) is 0.363. The van der Waals surface area contributed by atoms with Gasteiger partial charge in [0.1, 0.15) is 10.6 Å². The average molecular weight is 272 g/mol. The van der Waals surface area contributed by atoms with Crippen molar-refractivity contribution in [3.8, 4) is 5.75 Å². The number of hydrogen-bond donors (Lipinski definition) is 2. The van der Waals surface area contributed by atoms with Gasteiger partial charge in [-0.05, 0) is 44.6 Å². The Balaban J connectivity index is 2.87. The zero-order valence-electron chi connectivity index (χ0n) is 11.0. The van der Waals surface area contributed by atoms with Crippen molar-refractivity contribution < 1.29 is 13.2 Å². The summed E-state index contributed by atoms with van der Waals surface area (Å²) in [5, 5.41) is 2.97. The molecule has 18 heavy (non-hydrogen) atoms. The molecule has 0 aromatic heterocycles. The highest BCUT2D eigenvalue weighted by Crippen LogP contribution is 2.24. The van der Waals surface area contributed by atoms with Crippen LogP contribution in [0.1, 0.15) is 12.0 Å². The van der Waals surface area contributed by atoms with E-state index >= 15 is 0 Å². The highest BCUT2D eigenvalue weighted by Gasteiger charge is 2.18. The molecule has 0 radical (unpaired) electrons. The molecule has 0 aliphatic rings. The number of rotatable bonds is 7. The zero-order chi connectivity index (χ0) is 13.6. The average Bonchev–Trinajstić information content (AvgIpc) is 2.35. The number of ether oxygens (including phenoxy) is 1. The first-order chi connectivity index (χ1) is 8.51. The monoisotopic (exact) mass is 272 g/mol. The molecule has 2 N–H and O–H groups in total. The maximum Gasteiger partial charge on any atom is 0.244 e. The van der Waals surface area contributed by atoms with Crippen molar-refractivity contribution in [2.75, 3.05) is 27.2 Å². The Labute approximate surface area is 109 Å². The molecule has 0 atom stereocenters. The lowest BCUT2D eigenvalue weighted by Crippen LogP contribution is -2.27. The van der Waals surface area contributed by atoms with E-state index in [2.05, 4.69) is 10.0 Å². The van der Waals surface area contributed by atoms with Crippen LogP contribution in [0.2, 0.25) is 0 Å². The van der Waals surface area contributed by atoms with Crippen LogP contribution in [0.3, 0.4) is 0 Å². The minimum absolute atomic E-state index is 0.189. The van der Waals surface area contributed by atoms with Gasteiger partial charge < -0.3 is 10.1 Å². The molecule has 0 aliphatic heterocycles. The van der Waals surface area contributed by atoms with Gasteiger partial charge in [-0.15, -0.1) is 0 Å². The second-order valence-electron chi connectivity index (χ2n) is 4.01. The molecule has 0 aliphatic carbocycles. The molecule has 0 saturated carbocycles. The molecule has 1 rings (SSSR count). The molecule has 0 unspecified atom stereocenters. The molecular weight excluding hydrogens is 252 g/mol. The first kappa shape index (κ1) is 14.9. The highest BCUT2D eigenvalue weighted by atomic mass is 32.2. The topological polar surface area (TPSA) is 67.4 Å². The van der Waals surface area contributed by atoms with E-state index in [1.165, 1.54) is 7.11 Å². The smallest absolute Gasteiger partial charge is 0.244 e. The van der Waals surface area contributed by atoms with Gasteiger partial charge in [-0.1, -0.05) is 6.07 Å². The number of hydrogen-bond acceptors (Lipinski definition) is 4. The molecule has 102 valence electrons. The molecule has 0 amide bonds. The predicted octanol–water partition coefficient (Wildman–Crippen LogP) is 0.891. The van der Waals surface area contributed by atoms with Crippen molar-refractivity contribution in [2.45, 2.75) is 18.2 Å². The van der Waals surface area contributed by atoms with Gasteiger partial charge in [0.05, 0.1) is 7.11 Å². The van der Waals surface area contributed by atoms with Crippen LogP contribution in [0, 0.1) is 6.92 Å². The molecular formula is C12H20N2O3S. The summed E-state index contributed by atoms with van der Waals surface area (Å²) >= 11 is 0. The summed E-state index contributed by atoms with van der Waals surface area (Å²) in [6.07, 6.45) is 0.740. The van der Waals surface area contributed by atoms with Crippen LogP contribution in [0.4, 0.5) is 0 Å². The third kappa shape index (κ3) is 3.97. The van der Waals surface area contributed by atoms with Crippen molar-refractivity contribution >= 4 is 10.0 Å². The van der Waals surface area contributed by atoms with Crippen molar-refractivity contribution in [2.24, 2.45) is 0 Å². The lowest BCUT2D eigenvalue weighted by Gasteiger charge is -2.11. The van der Waals surface area contributed by atoms with E-state index in [4.69, 9.17) is 4.74 Å². The Morgan fingerprint density at radius 3 is 2.61 bits per heavy atom. The summed E-state index contributed by atoms with van der Waals surface area (Å²) in [4.78, 5) is 0.189. The number of aryl methyl sites for hydroxylation is 1. The van der Waals surface area contributed by atoms with Gasteiger partial charge in [-0.25, -0.2) is 13.1 Å². The summed E-state index contributed by atoms with van der Waals surface area (Å²) in [5.41, 5.74) is 0.881. The van der Waals surface area contributed by atoms with Crippen molar-refractivity contribution in [3.63, 3.8) is 0 Å². The molecule has 1 aromatic rings. The van der Waals surface area contributed by atoms with Crippen LogP contribution in [-0.4, -0.2) is 35.7 Å². The summed E-state index contributed by atoms with van der Waals surface area (Å²) in [6.45, 7) is 3.02. The zero-order valence-corrected chi connectivity index (χ0v) is 11.8. The largest absolute Gasteiger partial charge is 0.495 e. The second-order valence-corrected chi connectivity index (χ2v) is 5.74. The number of methoxy groups -OCH3 is 1. The fourth-order valence-corrected chi connectivity index (χ4v) is 2.87. The van der Waals surface area contributed by atoms with Crippen molar-refractivity contribution in [1.82, 2.24) is 10.0 Å². The minimum Gasteiger partial charge on any atom is -0.495 e. The van der Waals surface area contributed by atoms with Gasteiger partial charge >= 0.3 is 0 Å². The SMILES string of the molecule is CNCCCNS(=O)(=O)c1cc(C)ccc1OC. The molecule has 0 fully saturated rings. The van der Waals surface area contributed by atoms with Gasteiger partial charge in [0.25, 0.3) is 0 Å². The first-order valence-corrected chi connectivity index (χ1v) is 7.28. The van der Waals surface area contributed by atoms with Crippen LogP contribution < -0.4 is 14.8 Å². The van der Waals surface area contributed by atoms with Crippen LogP contribution in [0.15, 0.2) is 23.1 Å². The minimum atomic E-state index is -3.51. The van der Waals surface area contributed by atoms with E-state index < -0.39 is 10.0 Å². The van der Waals surface area contributed by atoms with E-state index in [1.54, 1.807) is 12.1 Å². The quantitative estimate of drug-likeness (QED) is 0.723. The molecule has 0 spiro atoms. The Morgan fingerprint density at radius 1 is 1.28 bits per heavy atom. The third-order valence-electron chi connectivity index (χ3n) is 2.50. The molecule has 0 saturated heterocycles. The Hall–Kier alpha value is -1.11. The molecule has 5 nitrogen and oxygen atoms in total. The lowest BCUT2D eigenvalue weighted by atomic mass is 10.2. The maximum absolute atomic E-state index is 12.1.